The van der Waals surface area contributed by atoms with Gasteiger partial charge in [-0.3, -0.25) is 9.78 Å². The fourth-order valence-electron chi connectivity index (χ4n) is 1.27. The number of pyridine rings is 1. The van der Waals surface area contributed by atoms with Crippen LogP contribution in [-0.4, -0.2) is 44.4 Å². The number of methoxy groups -OCH3 is 1. The summed E-state index contributed by atoms with van der Waals surface area (Å²) in [7, 11) is 1.61. The maximum atomic E-state index is 11.7. The monoisotopic (exact) mass is 272 g/mol. The molecule has 0 aromatic carbocycles. The van der Waals surface area contributed by atoms with E-state index in [1.165, 1.54) is 6.20 Å². The molecule has 1 N–H and O–H groups in total. The van der Waals surface area contributed by atoms with Crippen molar-refractivity contribution in [2.75, 3.05) is 33.5 Å². The summed E-state index contributed by atoms with van der Waals surface area (Å²) in [6.07, 6.45) is 1.47. The van der Waals surface area contributed by atoms with Crippen molar-refractivity contribution in [2.24, 2.45) is 0 Å². The molecule has 0 radical (unpaired) electrons. The van der Waals surface area contributed by atoms with E-state index in [2.05, 4.69) is 10.3 Å². The van der Waals surface area contributed by atoms with Crippen LogP contribution in [0, 0.1) is 6.92 Å². The standard InChI is InChI=1S/C12H17ClN2O3/c1-9-7-11(13)10(8-15-9)12(16)14-3-4-18-6-5-17-2/h7-8H,3-6H2,1-2H3,(H,14,16). The van der Waals surface area contributed by atoms with Crippen molar-refractivity contribution in [3.63, 3.8) is 0 Å². The molecular formula is C12H17ClN2O3. The normalized spacial score (nSPS) is 10.4. The highest BCUT2D eigenvalue weighted by Crippen LogP contribution is 2.15. The first-order chi connectivity index (χ1) is 8.65. The molecule has 0 atom stereocenters. The van der Waals surface area contributed by atoms with Crippen molar-refractivity contribution in [2.45, 2.75) is 6.92 Å². The number of rotatable bonds is 7. The number of carbonyl (C=O) groups excluding carboxylic acids is 1. The lowest BCUT2D eigenvalue weighted by atomic mass is 10.2. The van der Waals surface area contributed by atoms with Gasteiger partial charge in [-0.1, -0.05) is 11.6 Å². The Morgan fingerprint density at radius 1 is 1.44 bits per heavy atom. The number of halogens is 1. The Labute approximate surface area is 111 Å². The fourth-order valence-corrected chi connectivity index (χ4v) is 1.56. The lowest BCUT2D eigenvalue weighted by molar-refractivity contribution is 0.0692. The Morgan fingerprint density at radius 3 is 2.89 bits per heavy atom. The lowest BCUT2D eigenvalue weighted by Crippen LogP contribution is -2.28. The number of nitrogens with zero attached hydrogens (tertiary/aromatic N) is 1. The molecule has 1 heterocycles. The van der Waals surface area contributed by atoms with Crippen LogP contribution in [0.25, 0.3) is 0 Å². The van der Waals surface area contributed by atoms with Gasteiger partial charge in [-0.2, -0.15) is 0 Å². The third kappa shape index (κ3) is 5.00. The Morgan fingerprint density at radius 2 is 2.22 bits per heavy atom. The van der Waals surface area contributed by atoms with Crippen molar-refractivity contribution >= 4 is 17.5 Å². The van der Waals surface area contributed by atoms with Gasteiger partial charge in [-0.05, 0) is 13.0 Å². The number of nitrogens with one attached hydrogen (secondary N) is 1. The Bertz CT molecular complexity index is 399. The maximum Gasteiger partial charge on any atom is 0.254 e. The van der Waals surface area contributed by atoms with Gasteiger partial charge in [0.05, 0.1) is 30.4 Å². The van der Waals surface area contributed by atoms with Crippen LogP contribution in [0.2, 0.25) is 5.02 Å². The second kappa shape index (κ2) is 8.02. The van der Waals surface area contributed by atoms with E-state index in [0.29, 0.717) is 37.0 Å². The van der Waals surface area contributed by atoms with E-state index >= 15 is 0 Å². The smallest absolute Gasteiger partial charge is 0.254 e. The highest BCUT2D eigenvalue weighted by atomic mass is 35.5. The molecule has 0 aliphatic heterocycles. The van der Waals surface area contributed by atoms with E-state index in [9.17, 15) is 4.79 Å². The molecule has 0 fully saturated rings. The van der Waals surface area contributed by atoms with Gasteiger partial charge in [0.2, 0.25) is 0 Å². The van der Waals surface area contributed by atoms with Crippen molar-refractivity contribution < 1.29 is 14.3 Å². The average molecular weight is 273 g/mol. The zero-order valence-electron chi connectivity index (χ0n) is 10.5. The molecule has 100 valence electrons. The highest BCUT2D eigenvalue weighted by molar-refractivity contribution is 6.33. The molecule has 1 rings (SSSR count). The third-order valence-corrected chi connectivity index (χ3v) is 2.51. The van der Waals surface area contributed by atoms with Crippen LogP contribution in [0.5, 0.6) is 0 Å². The summed E-state index contributed by atoms with van der Waals surface area (Å²) in [4.78, 5) is 15.8. The molecule has 0 spiro atoms. The van der Waals surface area contributed by atoms with Gasteiger partial charge in [-0.25, -0.2) is 0 Å². The number of amides is 1. The summed E-state index contributed by atoms with van der Waals surface area (Å²) < 4.78 is 10.0. The van der Waals surface area contributed by atoms with E-state index < -0.39 is 0 Å². The van der Waals surface area contributed by atoms with Gasteiger partial charge < -0.3 is 14.8 Å². The van der Waals surface area contributed by atoms with Crippen LogP contribution in [0.3, 0.4) is 0 Å². The number of hydrogen-bond donors (Lipinski definition) is 1. The second-order valence-corrected chi connectivity index (χ2v) is 4.07. The number of ether oxygens (including phenoxy) is 2. The molecule has 1 aromatic heterocycles. The van der Waals surface area contributed by atoms with Crippen LogP contribution in [0.1, 0.15) is 16.1 Å². The minimum absolute atomic E-state index is 0.247. The number of aromatic nitrogens is 1. The summed E-state index contributed by atoms with van der Waals surface area (Å²) in [5.41, 5.74) is 1.15. The van der Waals surface area contributed by atoms with Crippen LogP contribution in [0.15, 0.2) is 12.3 Å². The summed E-state index contributed by atoms with van der Waals surface area (Å²) in [6, 6.07) is 1.66. The highest BCUT2D eigenvalue weighted by Gasteiger charge is 2.10. The molecular weight excluding hydrogens is 256 g/mol. The van der Waals surface area contributed by atoms with Gasteiger partial charge in [0.25, 0.3) is 5.91 Å². The molecule has 18 heavy (non-hydrogen) atoms. The van der Waals surface area contributed by atoms with Crippen LogP contribution in [0.4, 0.5) is 0 Å². The third-order valence-electron chi connectivity index (χ3n) is 2.20. The molecule has 1 aromatic rings. The van der Waals surface area contributed by atoms with Crippen LogP contribution in [-0.2, 0) is 9.47 Å². The Balaban J connectivity index is 2.32. The zero-order chi connectivity index (χ0) is 13.4. The van der Waals surface area contributed by atoms with Gasteiger partial charge >= 0.3 is 0 Å². The maximum absolute atomic E-state index is 11.7. The second-order valence-electron chi connectivity index (χ2n) is 3.67. The van der Waals surface area contributed by atoms with Gasteiger partial charge in [0.1, 0.15) is 0 Å². The number of aryl methyl sites for hydroxylation is 1. The van der Waals surface area contributed by atoms with Crippen molar-refractivity contribution in [3.05, 3.63) is 28.5 Å². The zero-order valence-corrected chi connectivity index (χ0v) is 11.3. The molecule has 0 unspecified atom stereocenters. The van der Waals surface area contributed by atoms with E-state index in [1.54, 1.807) is 13.2 Å². The summed E-state index contributed by atoms with van der Waals surface area (Å²) >= 11 is 5.96. The number of carbonyl (C=O) groups is 1. The van der Waals surface area contributed by atoms with Gasteiger partial charge in [0.15, 0.2) is 0 Å². The van der Waals surface area contributed by atoms with E-state index in [0.717, 1.165) is 5.69 Å². The predicted molar refractivity (Wildman–Crippen MR) is 69.0 cm³/mol. The molecule has 0 aliphatic carbocycles. The largest absolute Gasteiger partial charge is 0.382 e. The molecule has 0 bridgehead atoms. The molecule has 1 amide bonds. The summed E-state index contributed by atoms with van der Waals surface area (Å²) in [6.45, 7) is 3.73. The molecule has 6 heteroatoms. The molecule has 0 saturated heterocycles. The van der Waals surface area contributed by atoms with E-state index in [-0.39, 0.29) is 5.91 Å². The Kier molecular flexibility index (Phi) is 6.64. The minimum Gasteiger partial charge on any atom is -0.382 e. The Hall–Kier alpha value is -1.17. The van der Waals surface area contributed by atoms with Crippen molar-refractivity contribution in [3.8, 4) is 0 Å². The van der Waals surface area contributed by atoms with Crippen molar-refractivity contribution in [1.29, 1.82) is 0 Å². The fraction of sp³-hybridized carbons (Fsp3) is 0.500. The SMILES string of the molecule is COCCOCCNC(=O)c1cnc(C)cc1Cl. The van der Waals surface area contributed by atoms with E-state index in [4.69, 9.17) is 21.1 Å². The van der Waals surface area contributed by atoms with Gasteiger partial charge in [-0.15, -0.1) is 0 Å². The minimum atomic E-state index is -0.247. The first-order valence-electron chi connectivity index (χ1n) is 5.62. The predicted octanol–water partition coefficient (Wildman–Crippen LogP) is 1.44. The molecule has 5 nitrogen and oxygen atoms in total. The molecule has 0 aliphatic rings. The average Bonchev–Trinajstić information content (AvgIpc) is 2.33. The topological polar surface area (TPSA) is 60.5 Å². The van der Waals surface area contributed by atoms with E-state index in [1.807, 2.05) is 6.92 Å². The first kappa shape index (κ1) is 14.9. The lowest BCUT2D eigenvalue weighted by Gasteiger charge is -2.07. The van der Waals surface area contributed by atoms with Gasteiger partial charge in [0, 0.05) is 25.5 Å². The first-order valence-corrected chi connectivity index (χ1v) is 6.00. The van der Waals surface area contributed by atoms with Crippen molar-refractivity contribution in [1.82, 2.24) is 10.3 Å². The van der Waals surface area contributed by atoms with Crippen LogP contribution < -0.4 is 5.32 Å². The summed E-state index contributed by atoms with van der Waals surface area (Å²) in [5, 5.41) is 3.11. The quantitative estimate of drug-likeness (QED) is 0.763. The summed E-state index contributed by atoms with van der Waals surface area (Å²) in [5.74, 6) is -0.247. The number of hydrogen-bond acceptors (Lipinski definition) is 4. The molecule has 0 saturated carbocycles. The van der Waals surface area contributed by atoms with Crippen LogP contribution >= 0.6 is 11.6 Å².